The molecular weight excluding hydrogens is 462 g/mol. The lowest BCUT2D eigenvalue weighted by atomic mass is 9.66. The van der Waals surface area contributed by atoms with Gasteiger partial charge in [-0.25, -0.2) is 0 Å². The van der Waals surface area contributed by atoms with Crippen LogP contribution in [0.1, 0.15) is 30.9 Å². The molecule has 0 saturated carbocycles. The molecule has 5 atom stereocenters. The van der Waals surface area contributed by atoms with Crippen LogP contribution in [0.5, 0.6) is 0 Å². The molecule has 3 amide bonds. The summed E-state index contributed by atoms with van der Waals surface area (Å²) in [6.45, 7) is 2.66. The Bertz CT molecular complexity index is 1110. The number of aliphatic hydroxyl groups excluding tert-OH is 1. The molecule has 2 bridgehead atoms. The Labute approximate surface area is 209 Å². The third-order valence-corrected chi connectivity index (χ3v) is 9.75. The molecule has 3 aliphatic rings. The van der Waals surface area contributed by atoms with Gasteiger partial charge in [-0.15, -0.1) is 11.8 Å². The molecule has 7 nitrogen and oxygen atoms in total. The number of hydrogen-bond donors (Lipinski definition) is 3. The number of hydrogen-bond acceptors (Lipinski definition) is 5. The van der Waals surface area contributed by atoms with E-state index >= 15 is 0 Å². The largest absolute Gasteiger partial charge is 0.395 e. The van der Waals surface area contributed by atoms with Gasteiger partial charge in [0.25, 0.3) is 0 Å². The minimum atomic E-state index is -0.713. The highest BCUT2D eigenvalue weighted by Gasteiger charge is 2.76. The SMILES string of the molecule is C[C@]12CCC3(S1)C(C(=O)NCc1ccccc1)N(CCO)C(=O)[C@@H]3[C@H]2C(=O)NCc1ccccc1. The number of likely N-dealkylation sites (tertiary alicyclic amines) is 1. The van der Waals surface area contributed by atoms with Crippen LogP contribution in [0, 0.1) is 11.8 Å². The van der Waals surface area contributed by atoms with Crippen molar-refractivity contribution in [2.24, 2.45) is 11.8 Å². The summed E-state index contributed by atoms with van der Waals surface area (Å²) < 4.78 is -1.08. The molecule has 5 rings (SSSR count). The molecule has 35 heavy (non-hydrogen) atoms. The highest BCUT2D eigenvalue weighted by Crippen LogP contribution is 2.71. The zero-order valence-electron chi connectivity index (χ0n) is 19.8. The van der Waals surface area contributed by atoms with Crippen LogP contribution in [-0.2, 0) is 27.5 Å². The molecule has 2 aromatic rings. The van der Waals surface area contributed by atoms with E-state index in [1.54, 1.807) is 11.8 Å². The summed E-state index contributed by atoms with van der Waals surface area (Å²) in [5.41, 5.74) is 1.97. The standard InChI is InChI=1S/C27H31N3O4S/c1-26-12-13-27(35-26)21(20(26)23(32)28-16-18-8-4-2-5-9-18)25(34)30(14-15-31)22(27)24(33)29-17-19-10-6-3-7-11-19/h2-11,20-22,31H,12-17H2,1H3,(H,28,32)(H,29,33)/t20-,21-,22?,26+,27?/m0/s1. The smallest absolute Gasteiger partial charge is 0.244 e. The number of nitrogens with zero attached hydrogens (tertiary/aromatic N) is 1. The van der Waals surface area contributed by atoms with Crippen molar-refractivity contribution in [3.63, 3.8) is 0 Å². The number of fused-ring (bicyclic) bond motifs is 1. The Morgan fingerprint density at radius 3 is 2.11 bits per heavy atom. The number of aliphatic hydroxyl groups is 1. The van der Waals surface area contributed by atoms with Crippen LogP contribution >= 0.6 is 11.8 Å². The van der Waals surface area contributed by atoms with E-state index in [0.29, 0.717) is 19.5 Å². The molecule has 3 aliphatic heterocycles. The van der Waals surface area contributed by atoms with Crippen molar-refractivity contribution in [2.75, 3.05) is 13.2 Å². The lowest BCUT2D eigenvalue weighted by molar-refractivity contribution is -0.141. The molecule has 3 fully saturated rings. The Kier molecular flexibility index (Phi) is 6.36. The Balaban J connectivity index is 1.40. The summed E-state index contributed by atoms with van der Waals surface area (Å²) in [6, 6.07) is 18.6. The summed E-state index contributed by atoms with van der Waals surface area (Å²) in [5, 5.41) is 15.8. The van der Waals surface area contributed by atoms with Gasteiger partial charge in [0.2, 0.25) is 17.7 Å². The van der Waals surface area contributed by atoms with Gasteiger partial charge in [0.1, 0.15) is 6.04 Å². The molecule has 8 heteroatoms. The van der Waals surface area contributed by atoms with Crippen LogP contribution in [0.4, 0.5) is 0 Å². The maximum absolute atomic E-state index is 13.7. The molecule has 3 N–H and O–H groups in total. The fourth-order valence-electron chi connectivity index (χ4n) is 6.25. The second-order valence-corrected chi connectivity index (χ2v) is 11.8. The van der Waals surface area contributed by atoms with Crippen LogP contribution in [0.25, 0.3) is 0 Å². The predicted molar refractivity (Wildman–Crippen MR) is 134 cm³/mol. The molecule has 0 aromatic heterocycles. The van der Waals surface area contributed by atoms with Crippen LogP contribution in [0.15, 0.2) is 60.7 Å². The molecule has 2 unspecified atom stereocenters. The van der Waals surface area contributed by atoms with Gasteiger partial charge >= 0.3 is 0 Å². The van der Waals surface area contributed by atoms with E-state index in [4.69, 9.17) is 0 Å². The summed E-state index contributed by atoms with van der Waals surface area (Å²) in [7, 11) is 0. The van der Waals surface area contributed by atoms with Crippen molar-refractivity contribution in [1.29, 1.82) is 0 Å². The number of thioether (sulfide) groups is 1. The minimum Gasteiger partial charge on any atom is -0.395 e. The lowest BCUT2D eigenvalue weighted by Crippen LogP contribution is -2.54. The number of carbonyl (C=O) groups excluding carboxylic acids is 3. The van der Waals surface area contributed by atoms with Crippen molar-refractivity contribution in [2.45, 2.75) is 48.4 Å². The van der Waals surface area contributed by atoms with E-state index in [2.05, 4.69) is 17.6 Å². The third kappa shape index (κ3) is 4.02. The van der Waals surface area contributed by atoms with Gasteiger partial charge < -0.3 is 20.6 Å². The molecule has 3 heterocycles. The van der Waals surface area contributed by atoms with Gasteiger partial charge in [-0.1, -0.05) is 60.7 Å². The van der Waals surface area contributed by atoms with Gasteiger partial charge in [-0.2, -0.15) is 0 Å². The molecular formula is C27H31N3O4S. The highest BCUT2D eigenvalue weighted by molar-refractivity contribution is 8.02. The topological polar surface area (TPSA) is 98.7 Å². The molecule has 184 valence electrons. The molecule has 1 spiro atoms. The summed E-state index contributed by atoms with van der Waals surface area (Å²) in [4.78, 5) is 42.3. The number of rotatable bonds is 8. The average molecular weight is 494 g/mol. The van der Waals surface area contributed by atoms with Crippen molar-refractivity contribution in [3.8, 4) is 0 Å². The normalized spacial score (nSPS) is 30.9. The van der Waals surface area contributed by atoms with Crippen molar-refractivity contribution in [3.05, 3.63) is 71.8 Å². The Hall–Kier alpha value is -2.84. The second kappa shape index (κ2) is 9.32. The van der Waals surface area contributed by atoms with Crippen molar-refractivity contribution in [1.82, 2.24) is 15.5 Å². The first-order valence-corrected chi connectivity index (χ1v) is 13.0. The van der Waals surface area contributed by atoms with Gasteiger partial charge in [0, 0.05) is 24.4 Å². The second-order valence-electron chi connectivity index (χ2n) is 9.89. The Morgan fingerprint density at radius 2 is 1.54 bits per heavy atom. The number of β-amino-alcohol motifs (C(OH)–C–C–N with tert-alkyl or cyclic N) is 1. The van der Waals surface area contributed by atoms with E-state index in [0.717, 1.165) is 17.5 Å². The van der Waals surface area contributed by atoms with Gasteiger partial charge in [-0.05, 0) is 30.9 Å². The first kappa shape index (κ1) is 23.9. The molecule has 0 radical (unpaired) electrons. The number of carbonyl (C=O) groups is 3. The van der Waals surface area contributed by atoms with Crippen LogP contribution in [0.2, 0.25) is 0 Å². The fraction of sp³-hybridized carbons (Fsp3) is 0.444. The first-order valence-electron chi connectivity index (χ1n) is 12.1. The maximum atomic E-state index is 13.7. The fourth-order valence-corrected chi connectivity index (χ4v) is 8.61. The maximum Gasteiger partial charge on any atom is 0.244 e. The van der Waals surface area contributed by atoms with E-state index < -0.39 is 27.4 Å². The molecule has 0 aliphatic carbocycles. The first-order chi connectivity index (χ1) is 16.9. The van der Waals surface area contributed by atoms with Crippen LogP contribution < -0.4 is 10.6 Å². The highest BCUT2D eigenvalue weighted by atomic mass is 32.2. The summed E-state index contributed by atoms with van der Waals surface area (Å²) >= 11 is 1.64. The average Bonchev–Trinajstić information content (AvgIpc) is 3.43. The van der Waals surface area contributed by atoms with E-state index in [1.807, 2.05) is 60.7 Å². The quantitative estimate of drug-likeness (QED) is 0.523. The zero-order valence-corrected chi connectivity index (χ0v) is 20.6. The lowest BCUT2D eigenvalue weighted by Gasteiger charge is -2.34. The molecule has 2 aromatic carbocycles. The number of amides is 3. The number of benzene rings is 2. The van der Waals surface area contributed by atoms with Crippen molar-refractivity contribution < 1.29 is 19.5 Å². The summed E-state index contributed by atoms with van der Waals surface area (Å²) in [5.74, 6) is -1.67. The van der Waals surface area contributed by atoms with E-state index in [9.17, 15) is 19.5 Å². The monoisotopic (exact) mass is 493 g/mol. The van der Waals surface area contributed by atoms with Gasteiger partial charge in [0.05, 0.1) is 23.2 Å². The third-order valence-electron chi connectivity index (χ3n) is 7.77. The van der Waals surface area contributed by atoms with Crippen LogP contribution in [-0.4, -0.2) is 56.4 Å². The van der Waals surface area contributed by atoms with Gasteiger partial charge in [0.15, 0.2) is 0 Å². The van der Waals surface area contributed by atoms with E-state index in [1.165, 1.54) is 4.90 Å². The Morgan fingerprint density at radius 1 is 0.971 bits per heavy atom. The van der Waals surface area contributed by atoms with E-state index in [-0.39, 0.29) is 30.9 Å². The number of nitrogens with one attached hydrogen (secondary N) is 2. The van der Waals surface area contributed by atoms with Gasteiger partial charge in [-0.3, -0.25) is 14.4 Å². The summed E-state index contributed by atoms with van der Waals surface area (Å²) in [6.07, 6.45) is 1.46. The zero-order chi connectivity index (χ0) is 24.6. The minimum absolute atomic E-state index is 0.0795. The van der Waals surface area contributed by atoms with Crippen LogP contribution in [0.3, 0.4) is 0 Å². The van der Waals surface area contributed by atoms with Crippen molar-refractivity contribution >= 4 is 29.5 Å². The molecule has 3 saturated heterocycles. The predicted octanol–water partition coefficient (Wildman–Crippen LogP) is 2.09.